The lowest BCUT2D eigenvalue weighted by atomic mass is 10.0. The highest BCUT2D eigenvalue weighted by Crippen LogP contribution is 2.27. The first-order valence-corrected chi connectivity index (χ1v) is 11.3. The van der Waals surface area contributed by atoms with Gasteiger partial charge < -0.3 is 29.1 Å². The van der Waals surface area contributed by atoms with E-state index in [9.17, 15) is 14.7 Å². The van der Waals surface area contributed by atoms with Gasteiger partial charge in [0.05, 0.1) is 12.6 Å². The molecule has 2 amide bonds. The number of ether oxygens (including phenoxy) is 3. The lowest BCUT2D eigenvalue weighted by molar-refractivity contribution is 0.00752. The first kappa shape index (κ1) is 25.8. The minimum atomic E-state index is -0.571. The van der Waals surface area contributed by atoms with E-state index in [0.29, 0.717) is 44.0 Å². The van der Waals surface area contributed by atoms with Gasteiger partial charge in [-0.05, 0) is 59.6 Å². The molecular formula is C24H38N2O6. The van der Waals surface area contributed by atoms with Crippen molar-refractivity contribution in [3.05, 3.63) is 23.8 Å². The molecule has 8 heteroatoms. The molecule has 180 valence electrons. The zero-order chi connectivity index (χ0) is 23.9. The maximum absolute atomic E-state index is 13.5. The SMILES string of the molecule is COCCCOc1cc(O)cc(C(=O)N(C(C)C)[C@@H]2CCCN(C(=O)OC(C)(C)C)C2)c1. The van der Waals surface area contributed by atoms with Crippen molar-refractivity contribution in [3.8, 4) is 11.5 Å². The van der Waals surface area contributed by atoms with E-state index in [0.717, 1.165) is 12.8 Å². The van der Waals surface area contributed by atoms with Gasteiger partial charge in [-0.1, -0.05) is 0 Å². The molecule has 0 saturated carbocycles. The van der Waals surface area contributed by atoms with E-state index in [1.807, 2.05) is 34.6 Å². The summed E-state index contributed by atoms with van der Waals surface area (Å²) in [6.45, 7) is 11.4. The summed E-state index contributed by atoms with van der Waals surface area (Å²) in [6, 6.07) is 4.37. The lowest BCUT2D eigenvalue weighted by Crippen LogP contribution is -2.54. The van der Waals surface area contributed by atoms with Crippen molar-refractivity contribution in [2.75, 3.05) is 33.4 Å². The molecule has 1 aromatic carbocycles. The summed E-state index contributed by atoms with van der Waals surface area (Å²) in [7, 11) is 1.63. The summed E-state index contributed by atoms with van der Waals surface area (Å²) in [5.74, 6) is 0.209. The molecule has 32 heavy (non-hydrogen) atoms. The van der Waals surface area contributed by atoms with Crippen molar-refractivity contribution < 1.29 is 28.9 Å². The van der Waals surface area contributed by atoms with Crippen LogP contribution in [0.5, 0.6) is 11.5 Å². The molecule has 1 aliphatic rings. The Morgan fingerprint density at radius 2 is 1.94 bits per heavy atom. The molecule has 0 spiro atoms. The van der Waals surface area contributed by atoms with Crippen LogP contribution in [0.3, 0.4) is 0 Å². The molecule has 1 aromatic rings. The van der Waals surface area contributed by atoms with Crippen molar-refractivity contribution in [2.24, 2.45) is 0 Å². The molecule has 2 rings (SSSR count). The summed E-state index contributed by atoms with van der Waals surface area (Å²) in [5, 5.41) is 10.2. The van der Waals surface area contributed by atoms with Crippen LogP contribution in [0.15, 0.2) is 18.2 Å². The highest BCUT2D eigenvalue weighted by molar-refractivity contribution is 5.95. The zero-order valence-corrected chi connectivity index (χ0v) is 20.2. The molecule has 1 fully saturated rings. The second kappa shape index (κ2) is 11.4. The fourth-order valence-electron chi connectivity index (χ4n) is 3.83. The highest BCUT2D eigenvalue weighted by Gasteiger charge is 2.34. The van der Waals surface area contributed by atoms with Gasteiger partial charge in [0.25, 0.3) is 5.91 Å². The average Bonchev–Trinajstić information content (AvgIpc) is 2.69. The van der Waals surface area contributed by atoms with Crippen LogP contribution in [-0.2, 0) is 9.47 Å². The van der Waals surface area contributed by atoms with E-state index in [2.05, 4.69) is 0 Å². The summed E-state index contributed by atoms with van der Waals surface area (Å²) in [4.78, 5) is 29.5. The number of hydrogen-bond acceptors (Lipinski definition) is 6. The van der Waals surface area contributed by atoms with Crippen LogP contribution in [0.4, 0.5) is 4.79 Å². The van der Waals surface area contributed by atoms with E-state index >= 15 is 0 Å². The summed E-state index contributed by atoms with van der Waals surface area (Å²) in [6.07, 6.45) is 1.93. The van der Waals surface area contributed by atoms with Crippen molar-refractivity contribution in [1.82, 2.24) is 9.80 Å². The summed E-state index contributed by atoms with van der Waals surface area (Å²) < 4.78 is 16.2. The van der Waals surface area contributed by atoms with Crippen molar-refractivity contribution in [1.29, 1.82) is 0 Å². The van der Waals surface area contributed by atoms with Crippen molar-refractivity contribution in [3.63, 3.8) is 0 Å². The highest BCUT2D eigenvalue weighted by atomic mass is 16.6. The molecule has 0 aromatic heterocycles. The molecule has 1 aliphatic heterocycles. The number of hydrogen-bond donors (Lipinski definition) is 1. The normalized spacial score (nSPS) is 16.7. The van der Waals surface area contributed by atoms with Gasteiger partial charge in [0.1, 0.15) is 17.1 Å². The van der Waals surface area contributed by atoms with Gasteiger partial charge in [-0.2, -0.15) is 0 Å². The minimum Gasteiger partial charge on any atom is -0.508 e. The molecule has 1 N–H and O–H groups in total. The molecular weight excluding hydrogens is 412 g/mol. The van der Waals surface area contributed by atoms with Gasteiger partial charge in [-0.3, -0.25) is 4.79 Å². The minimum absolute atomic E-state index is 0.0275. The Balaban J connectivity index is 2.16. The predicted octanol–water partition coefficient (Wildman–Crippen LogP) is 4.06. The van der Waals surface area contributed by atoms with E-state index in [1.54, 1.807) is 23.0 Å². The third-order valence-corrected chi connectivity index (χ3v) is 5.13. The first-order chi connectivity index (χ1) is 15.0. The second-order valence-corrected chi connectivity index (χ2v) is 9.44. The number of piperidine rings is 1. The Hall–Kier alpha value is -2.48. The lowest BCUT2D eigenvalue weighted by Gasteiger charge is -2.41. The summed E-state index contributed by atoms with van der Waals surface area (Å²) >= 11 is 0. The van der Waals surface area contributed by atoms with Gasteiger partial charge in [0.2, 0.25) is 0 Å². The van der Waals surface area contributed by atoms with Crippen LogP contribution in [0.25, 0.3) is 0 Å². The quantitative estimate of drug-likeness (QED) is 0.601. The van der Waals surface area contributed by atoms with Crippen LogP contribution in [0.2, 0.25) is 0 Å². The average molecular weight is 451 g/mol. The second-order valence-electron chi connectivity index (χ2n) is 9.44. The number of amides is 2. The summed E-state index contributed by atoms with van der Waals surface area (Å²) in [5.41, 5.74) is -0.214. The molecule has 1 atom stereocenters. The standard InChI is InChI=1S/C24H38N2O6/c1-17(2)26(19-9-7-10-25(16-19)23(29)32-24(3,4)5)22(28)18-13-20(27)15-21(14-18)31-12-8-11-30-6/h13-15,17,19,27H,7-12,16H2,1-6H3/t19-/m1/s1. The number of carbonyl (C=O) groups excluding carboxylic acids is 2. The topological polar surface area (TPSA) is 88.5 Å². The number of benzene rings is 1. The van der Waals surface area contributed by atoms with Crippen LogP contribution in [-0.4, -0.2) is 78.0 Å². The molecule has 0 unspecified atom stereocenters. The third kappa shape index (κ3) is 7.58. The number of carbonyl (C=O) groups is 2. The molecule has 8 nitrogen and oxygen atoms in total. The molecule has 0 bridgehead atoms. The smallest absolute Gasteiger partial charge is 0.410 e. The maximum atomic E-state index is 13.5. The predicted molar refractivity (Wildman–Crippen MR) is 122 cm³/mol. The van der Waals surface area contributed by atoms with Gasteiger partial charge in [-0.15, -0.1) is 0 Å². The Morgan fingerprint density at radius 3 is 2.56 bits per heavy atom. The first-order valence-electron chi connectivity index (χ1n) is 11.3. The fraction of sp³-hybridized carbons (Fsp3) is 0.667. The van der Waals surface area contributed by atoms with Crippen molar-refractivity contribution >= 4 is 12.0 Å². The van der Waals surface area contributed by atoms with E-state index in [-0.39, 0.29) is 29.8 Å². The maximum Gasteiger partial charge on any atom is 0.410 e. The number of nitrogens with zero attached hydrogens (tertiary/aromatic N) is 2. The number of likely N-dealkylation sites (tertiary alicyclic amines) is 1. The Labute approximate surface area is 191 Å². The molecule has 0 aliphatic carbocycles. The van der Waals surface area contributed by atoms with Gasteiger partial charge in [0, 0.05) is 50.9 Å². The number of aromatic hydroxyl groups is 1. The van der Waals surface area contributed by atoms with E-state index in [1.165, 1.54) is 12.1 Å². The van der Waals surface area contributed by atoms with E-state index in [4.69, 9.17) is 14.2 Å². The zero-order valence-electron chi connectivity index (χ0n) is 20.2. The molecule has 1 heterocycles. The Morgan fingerprint density at radius 1 is 1.22 bits per heavy atom. The van der Waals surface area contributed by atoms with Crippen LogP contribution in [0.1, 0.15) is 64.2 Å². The van der Waals surface area contributed by atoms with Crippen LogP contribution in [0, 0.1) is 0 Å². The third-order valence-electron chi connectivity index (χ3n) is 5.13. The molecule has 1 saturated heterocycles. The fourth-order valence-corrected chi connectivity index (χ4v) is 3.83. The van der Waals surface area contributed by atoms with Crippen LogP contribution < -0.4 is 4.74 Å². The van der Waals surface area contributed by atoms with Gasteiger partial charge >= 0.3 is 6.09 Å². The largest absolute Gasteiger partial charge is 0.508 e. The van der Waals surface area contributed by atoms with Gasteiger partial charge in [-0.25, -0.2) is 4.79 Å². The monoisotopic (exact) mass is 450 g/mol. The van der Waals surface area contributed by atoms with E-state index < -0.39 is 5.60 Å². The van der Waals surface area contributed by atoms with Crippen LogP contribution >= 0.6 is 0 Å². The molecule has 0 radical (unpaired) electrons. The number of phenols is 1. The van der Waals surface area contributed by atoms with Gasteiger partial charge in [0.15, 0.2) is 0 Å². The number of phenolic OH excluding ortho intramolecular Hbond substituents is 1. The Kier molecular flexibility index (Phi) is 9.19. The number of rotatable bonds is 8. The Bertz CT molecular complexity index is 774. The number of methoxy groups -OCH3 is 1. The van der Waals surface area contributed by atoms with Crippen molar-refractivity contribution in [2.45, 2.75) is 71.6 Å².